The quantitative estimate of drug-likeness (QED) is 0.0889. The summed E-state index contributed by atoms with van der Waals surface area (Å²) in [7, 11) is -2.55. The topological polar surface area (TPSA) is 177 Å². The van der Waals surface area contributed by atoms with Gasteiger partial charge in [0.15, 0.2) is 11.5 Å². The minimum atomic E-state index is -3.95. The smallest absolute Gasteiger partial charge is 0.293 e. The number of pyridine rings is 1. The largest absolute Gasteiger partial charge is 0.475 e. The van der Waals surface area contributed by atoms with Crippen molar-refractivity contribution in [3.63, 3.8) is 0 Å². The van der Waals surface area contributed by atoms with Crippen molar-refractivity contribution in [2.24, 2.45) is 13.0 Å². The van der Waals surface area contributed by atoms with E-state index in [0.29, 0.717) is 10.7 Å². The molecule has 4 aromatic heterocycles. The van der Waals surface area contributed by atoms with Gasteiger partial charge in [0.25, 0.3) is 23.8 Å². The first-order valence-corrected chi connectivity index (χ1v) is 21.6. The van der Waals surface area contributed by atoms with Crippen LogP contribution in [0.15, 0.2) is 47.3 Å². The van der Waals surface area contributed by atoms with Gasteiger partial charge in [-0.15, -0.1) is 0 Å². The van der Waals surface area contributed by atoms with Crippen molar-refractivity contribution < 1.29 is 57.8 Å². The molecule has 2 aromatic carbocycles. The average Bonchev–Trinajstić information content (AvgIpc) is 4.00. The van der Waals surface area contributed by atoms with E-state index in [0.717, 1.165) is 23.0 Å². The zero-order valence-corrected chi connectivity index (χ0v) is 34.6. The number of nitrogens with one attached hydrogen (secondary N) is 2. The van der Waals surface area contributed by atoms with Crippen LogP contribution in [0.25, 0.3) is 27.6 Å². The molecule has 2 saturated carbocycles. The number of ether oxygens (including phenoxy) is 2. The van der Waals surface area contributed by atoms with E-state index < -0.39 is 112 Å². The lowest BCUT2D eigenvalue weighted by atomic mass is 10.0. The number of benzene rings is 2. The van der Waals surface area contributed by atoms with E-state index in [1.165, 1.54) is 36.0 Å². The van der Waals surface area contributed by atoms with Gasteiger partial charge in [0, 0.05) is 43.5 Å². The predicted molar refractivity (Wildman–Crippen MR) is 211 cm³/mol. The monoisotopic (exact) mass is 941 g/mol. The average molecular weight is 942 g/mol. The van der Waals surface area contributed by atoms with Gasteiger partial charge in [0.1, 0.15) is 48.1 Å². The number of nitrogens with zero attached hydrogens (tertiary/aromatic N) is 7. The molecule has 0 spiro atoms. The van der Waals surface area contributed by atoms with Crippen LogP contribution in [0.3, 0.4) is 0 Å². The van der Waals surface area contributed by atoms with Gasteiger partial charge in [-0.05, 0) is 48.2 Å². The van der Waals surface area contributed by atoms with Gasteiger partial charge in [0.2, 0.25) is 21.8 Å². The van der Waals surface area contributed by atoms with Crippen molar-refractivity contribution in [2.75, 3.05) is 24.2 Å². The summed E-state index contributed by atoms with van der Waals surface area (Å²) >= 11 is 6.58. The van der Waals surface area contributed by atoms with E-state index in [9.17, 15) is 44.3 Å². The number of aromatic nitrogens is 7. The minimum Gasteiger partial charge on any atom is -0.475 e. The molecule has 4 atom stereocenters. The van der Waals surface area contributed by atoms with Gasteiger partial charge in [0.05, 0.1) is 45.9 Å². The van der Waals surface area contributed by atoms with Crippen molar-refractivity contribution in [3.05, 3.63) is 97.8 Å². The first kappa shape index (κ1) is 43.4. The third-order valence-corrected chi connectivity index (χ3v) is 11.9. The molecule has 338 valence electrons. The van der Waals surface area contributed by atoms with Crippen LogP contribution in [0.2, 0.25) is 5.02 Å². The number of fused-ring (bicyclic) bond motifs is 5. The second-order valence-corrected chi connectivity index (χ2v) is 17.9. The highest BCUT2D eigenvalue weighted by molar-refractivity contribution is 7.92. The van der Waals surface area contributed by atoms with E-state index in [4.69, 9.17) is 21.1 Å². The third kappa shape index (κ3) is 7.88. The van der Waals surface area contributed by atoms with Gasteiger partial charge >= 0.3 is 0 Å². The fraction of sp³-hybridized carbons (Fsp3) is 0.385. The second kappa shape index (κ2) is 15.4. The Labute approximate surface area is 360 Å². The van der Waals surface area contributed by atoms with Crippen LogP contribution in [0, 0.1) is 17.6 Å². The molecule has 2 N–H and O–H groups in total. The lowest BCUT2D eigenvalue weighted by Gasteiger charge is -2.24. The molecule has 1 unspecified atom stereocenters. The predicted octanol–water partition coefficient (Wildman–Crippen LogP) is 6.22. The molecular formula is C39H32ClF8N9O6S. The molecule has 2 fully saturated rings. The summed E-state index contributed by atoms with van der Waals surface area (Å²) in [5, 5.41) is 10.3. The fourth-order valence-electron chi connectivity index (χ4n) is 8.23. The first-order chi connectivity index (χ1) is 30.1. The minimum absolute atomic E-state index is 0.00669. The van der Waals surface area contributed by atoms with E-state index in [1.807, 2.05) is 0 Å². The zero-order chi connectivity index (χ0) is 45.8. The molecule has 0 saturated heterocycles. The Morgan fingerprint density at radius 1 is 1.03 bits per heavy atom. The maximum absolute atomic E-state index is 15.5. The zero-order valence-electron chi connectivity index (χ0n) is 33.1. The van der Waals surface area contributed by atoms with Gasteiger partial charge in [-0.25, -0.2) is 39.7 Å². The summed E-state index contributed by atoms with van der Waals surface area (Å²) in [6.45, 7) is -1.55. The number of carbonyl (C=O) groups is 1. The number of halogens is 9. The fourth-order valence-corrected chi connectivity index (χ4v) is 8.97. The van der Waals surface area contributed by atoms with Crippen LogP contribution in [0.1, 0.15) is 59.6 Å². The maximum atomic E-state index is 15.5. The molecule has 15 nitrogen and oxygen atoms in total. The van der Waals surface area contributed by atoms with Crippen LogP contribution in [-0.4, -0.2) is 79.9 Å². The molecule has 25 heteroatoms. The summed E-state index contributed by atoms with van der Waals surface area (Å²) in [6.07, 6.45) is -4.68. The molecule has 6 aromatic rings. The highest BCUT2D eigenvalue weighted by Crippen LogP contribution is 2.68. The van der Waals surface area contributed by atoms with Crippen LogP contribution in [0.5, 0.6) is 5.88 Å². The van der Waals surface area contributed by atoms with E-state index >= 15 is 8.78 Å². The number of amides is 1. The molecule has 0 aliphatic heterocycles. The number of carbonyl (C=O) groups excluding carboxylic acids is 1. The number of hydrogen-bond donors (Lipinski definition) is 2. The molecule has 1 amide bonds. The summed E-state index contributed by atoms with van der Waals surface area (Å²) in [5.74, 6) is -12.6. The Morgan fingerprint density at radius 3 is 2.42 bits per heavy atom. The Balaban J connectivity index is 1.19. The summed E-state index contributed by atoms with van der Waals surface area (Å²) < 4.78 is 156. The Bertz CT molecular complexity index is 3070. The van der Waals surface area contributed by atoms with Crippen LogP contribution in [-0.2, 0) is 45.5 Å². The van der Waals surface area contributed by atoms with Crippen LogP contribution in [0.4, 0.5) is 40.9 Å². The Kier molecular flexibility index (Phi) is 10.4. The van der Waals surface area contributed by atoms with Crippen molar-refractivity contribution >= 4 is 55.3 Å². The lowest BCUT2D eigenvalue weighted by Crippen LogP contribution is -2.38. The highest BCUT2D eigenvalue weighted by atomic mass is 35.5. The number of alkyl halides is 6. The lowest BCUT2D eigenvalue weighted by molar-refractivity contribution is -0.123. The van der Waals surface area contributed by atoms with Gasteiger partial charge in [-0.2, -0.15) is 24.0 Å². The van der Waals surface area contributed by atoms with Gasteiger partial charge in [-0.3, -0.25) is 28.2 Å². The number of sulfonamides is 1. The van der Waals surface area contributed by atoms with Crippen LogP contribution >= 0.6 is 11.6 Å². The van der Waals surface area contributed by atoms with E-state index in [2.05, 4.69) is 30.2 Å². The number of aryl methyl sites for hydroxylation is 1. The normalized spacial score (nSPS) is 19.8. The Hall–Kier alpha value is -5.88. The maximum Gasteiger partial charge on any atom is 0.293 e. The van der Waals surface area contributed by atoms with Gasteiger partial charge in [-0.1, -0.05) is 11.6 Å². The molecule has 0 bridgehead atoms. The summed E-state index contributed by atoms with van der Waals surface area (Å²) in [6, 6.07) is 5.98. The number of hydrogen-bond acceptors (Lipinski definition) is 10. The van der Waals surface area contributed by atoms with E-state index in [1.54, 1.807) is 0 Å². The van der Waals surface area contributed by atoms with E-state index in [-0.39, 0.29) is 75.1 Å². The van der Waals surface area contributed by atoms with Crippen LogP contribution < -0.4 is 20.3 Å². The molecule has 64 heavy (non-hydrogen) atoms. The first-order valence-electron chi connectivity index (χ1n) is 19.3. The van der Waals surface area contributed by atoms with Crippen molar-refractivity contribution in [1.29, 1.82) is 0 Å². The SMILES string of the molecule is Cn1nc(NS(C)(=O)=O)c2c(Cl)ccc(-n3c([C@H](Cc4cc(F)cc(F)c4)NC(=O)Cn4nc(C(F)F)c5c4C(F)(F)[C@@H]4C[C@H]54)nc4nc(OCCOC5CC5(F)F)ccc4c3=O)c21. The third-order valence-electron chi connectivity index (χ3n) is 11.1. The molecule has 0 radical (unpaired) electrons. The molecule has 9 rings (SSSR count). The molecule has 3 aliphatic carbocycles. The summed E-state index contributed by atoms with van der Waals surface area (Å²) in [5.41, 5.74) is -3.43. The number of anilines is 1. The Morgan fingerprint density at radius 2 is 1.75 bits per heavy atom. The van der Waals surface area contributed by atoms with Crippen molar-refractivity contribution in [1.82, 2.24) is 39.4 Å². The molecular weight excluding hydrogens is 910 g/mol. The number of rotatable bonds is 15. The van der Waals surface area contributed by atoms with Gasteiger partial charge < -0.3 is 14.8 Å². The summed E-state index contributed by atoms with van der Waals surface area (Å²) in [4.78, 5) is 37.9. The molecule has 4 heterocycles. The second-order valence-electron chi connectivity index (χ2n) is 15.7. The standard InChI is InChI=1S/C39H32ClF8N9O6S/c1-55-31-24(5-4-22(40)29(31)35(53-55)54-64(2,60)61)57-36(51-34-19(37(57)59)3-6-27(50-34)63-8-7-62-25-14-38(25,45)46)23(11-16-9-17(41)12-18(42)10-16)49-26(58)15-56-32-28(30(52-56)33(43)44)20-13-21(20)39(32,47)48/h3-6,9-10,12,20-21,23,25,33H,7-8,11,13-15H2,1-2H3,(H,49,58)(H,53,54)/t20-,21+,23-,25?/m0/s1. The highest BCUT2D eigenvalue weighted by Gasteiger charge is 2.67. The van der Waals surface area contributed by atoms with Crippen molar-refractivity contribution in [2.45, 2.75) is 62.1 Å². The molecule has 3 aliphatic rings. The van der Waals surface area contributed by atoms with Crippen molar-refractivity contribution in [3.8, 4) is 11.6 Å².